The number of aromatic nitrogens is 2. The average molecular weight is 280 g/mol. The molecule has 0 aliphatic rings. The van der Waals surface area contributed by atoms with Crippen molar-refractivity contribution in [2.75, 3.05) is 5.73 Å². The van der Waals surface area contributed by atoms with Crippen LogP contribution in [0.25, 0.3) is 11.3 Å². The van der Waals surface area contributed by atoms with Crippen molar-refractivity contribution in [2.24, 2.45) is 7.05 Å². The van der Waals surface area contributed by atoms with Crippen LogP contribution in [0, 0.1) is 13.8 Å². The number of nitrogen functional groups attached to an aromatic ring is 1. The maximum Gasteiger partial charge on any atom is 0.121 e. The van der Waals surface area contributed by atoms with E-state index in [2.05, 4.69) is 47.0 Å². The van der Waals surface area contributed by atoms with Crippen LogP contribution >= 0.6 is 15.9 Å². The molecule has 0 fully saturated rings. The summed E-state index contributed by atoms with van der Waals surface area (Å²) in [6, 6.07) is 6.14. The van der Waals surface area contributed by atoms with Gasteiger partial charge >= 0.3 is 0 Å². The van der Waals surface area contributed by atoms with Crippen LogP contribution in [0.3, 0.4) is 0 Å². The van der Waals surface area contributed by atoms with Crippen molar-refractivity contribution in [2.45, 2.75) is 13.8 Å². The highest BCUT2D eigenvalue weighted by molar-refractivity contribution is 9.10. The fourth-order valence-corrected chi connectivity index (χ4v) is 2.18. The van der Waals surface area contributed by atoms with Crippen molar-refractivity contribution < 1.29 is 0 Å². The summed E-state index contributed by atoms with van der Waals surface area (Å²) in [5, 5.41) is 4.39. The van der Waals surface area contributed by atoms with E-state index in [9.17, 15) is 0 Å². The lowest BCUT2D eigenvalue weighted by Gasteiger charge is -2.06. The number of rotatable bonds is 1. The first kappa shape index (κ1) is 11.2. The van der Waals surface area contributed by atoms with E-state index < -0.39 is 0 Å². The minimum Gasteiger partial charge on any atom is -0.384 e. The third kappa shape index (κ3) is 1.85. The second-order valence-corrected chi connectivity index (χ2v) is 4.81. The summed E-state index contributed by atoms with van der Waals surface area (Å²) < 4.78 is 2.76. The van der Waals surface area contributed by atoms with Crippen LogP contribution in [0.15, 0.2) is 22.7 Å². The van der Waals surface area contributed by atoms with Crippen molar-refractivity contribution in [1.82, 2.24) is 9.78 Å². The van der Waals surface area contributed by atoms with Crippen molar-refractivity contribution in [3.63, 3.8) is 0 Å². The lowest BCUT2D eigenvalue weighted by atomic mass is 10.1. The van der Waals surface area contributed by atoms with Gasteiger partial charge in [-0.1, -0.05) is 11.6 Å². The van der Waals surface area contributed by atoms with Crippen molar-refractivity contribution >= 4 is 21.7 Å². The molecule has 1 aromatic heterocycles. The van der Waals surface area contributed by atoms with Gasteiger partial charge in [-0.3, -0.25) is 4.68 Å². The van der Waals surface area contributed by atoms with E-state index in [4.69, 9.17) is 5.73 Å². The van der Waals surface area contributed by atoms with Gasteiger partial charge in [-0.05, 0) is 41.4 Å². The van der Waals surface area contributed by atoms with E-state index in [1.807, 2.05) is 13.1 Å². The number of nitrogens with two attached hydrogens (primary N) is 1. The fraction of sp³-hybridized carbons (Fsp3) is 0.250. The highest BCUT2D eigenvalue weighted by atomic mass is 79.9. The highest BCUT2D eigenvalue weighted by Crippen LogP contribution is 2.31. The zero-order valence-corrected chi connectivity index (χ0v) is 11.2. The minimum atomic E-state index is 0.668. The van der Waals surface area contributed by atoms with Gasteiger partial charge in [0.15, 0.2) is 0 Å². The molecule has 2 N–H and O–H groups in total. The summed E-state index contributed by atoms with van der Waals surface area (Å²) in [6.45, 7) is 4.15. The maximum absolute atomic E-state index is 5.79. The summed E-state index contributed by atoms with van der Waals surface area (Å²) in [5.74, 6) is 0.668. The number of aryl methyl sites for hydroxylation is 3. The Bertz CT molecular complexity index is 524. The van der Waals surface area contributed by atoms with Crippen molar-refractivity contribution in [1.29, 1.82) is 0 Å². The van der Waals surface area contributed by atoms with Crippen molar-refractivity contribution in [3.8, 4) is 11.3 Å². The molecule has 1 heterocycles. The second-order valence-electron chi connectivity index (χ2n) is 4.02. The van der Waals surface area contributed by atoms with Crippen LogP contribution in [0.2, 0.25) is 0 Å². The molecule has 2 rings (SSSR count). The van der Waals surface area contributed by atoms with E-state index in [1.54, 1.807) is 4.68 Å². The summed E-state index contributed by atoms with van der Waals surface area (Å²) >= 11 is 3.59. The van der Waals surface area contributed by atoms with Gasteiger partial charge in [-0.25, -0.2) is 0 Å². The van der Waals surface area contributed by atoms with E-state index in [0.29, 0.717) is 5.82 Å². The lowest BCUT2D eigenvalue weighted by molar-refractivity contribution is 0.782. The van der Waals surface area contributed by atoms with Crippen LogP contribution in [0.4, 0.5) is 5.82 Å². The van der Waals surface area contributed by atoms with E-state index >= 15 is 0 Å². The molecule has 0 spiro atoms. The number of anilines is 1. The Morgan fingerprint density at radius 3 is 2.50 bits per heavy atom. The molecule has 0 atom stereocenters. The van der Waals surface area contributed by atoms with Crippen LogP contribution in [-0.4, -0.2) is 9.78 Å². The van der Waals surface area contributed by atoms with E-state index in [-0.39, 0.29) is 0 Å². The molecule has 0 radical (unpaired) electrons. The molecule has 3 nitrogen and oxygen atoms in total. The number of nitrogens with zero attached hydrogens (tertiary/aromatic N) is 2. The van der Waals surface area contributed by atoms with Gasteiger partial charge in [0.05, 0.1) is 5.69 Å². The van der Waals surface area contributed by atoms with Gasteiger partial charge in [0, 0.05) is 23.2 Å². The zero-order valence-electron chi connectivity index (χ0n) is 9.58. The Morgan fingerprint density at radius 2 is 1.94 bits per heavy atom. The van der Waals surface area contributed by atoms with Gasteiger partial charge in [-0.2, -0.15) is 5.10 Å². The normalized spacial score (nSPS) is 10.8. The number of benzene rings is 1. The predicted octanol–water partition coefficient (Wildman–Crippen LogP) is 3.05. The topological polar surface area (TPSA) is 43.8 Å². The number of hydrogen-bond donors (Lipinski definition) is 1. The molecule has 4 heteroatoms. The van der Waals surface area contributed by atoms with Crippen LogP contribution < -0.4 is 5.73 Å². The molecule has 0 aliphatic heterocycles. The Labute approximate surface area is 103 Å². The van der Waals surface area contributed by atoms with Crippen LogP contribution in [0.5, 0.6) is 0 Å². The number of hydrogen-bond acceptors (Lipinski definition) is 2. The molecule has 0 unspecified atom stereocenters. The van der Waals surface area contributed by atoms with Gasteiger partial charge in [-0.15, -0.1) is 0 Å². The Morgan fingerprint density at radius 1 is 1.25 bits per heavy atom. The molecular weight excluding hydrogens is 266 g/mol. The first-order valence-corrected chi connectivity index (χ1v) is 5.85. The number of halogens is 1. The summed E-state index contributed by atoms with van der Waals surface area (Å²) in [4.78, 5) is 0. The van der Waals surface area contributed by atoms with Gasteiger partial charge in [0.25, 0.3) is 0 Å². The van der Waals surface area contributed by atoms with E-state index in [1.165, 1.54) is 11.1 Å². The predicted molar refractivity (Wildman–Crippen MR) is 70.2 cm³/mol. The molecular formula is C12H14BrN3. The molecule has 16 heavy (non-hydrogen) atoms. The zero-order chi connectivity index (χ0) is 11.9. The lowest BCUT2D eigenvalue weighted by Crippen LogP contribution is -1.96. The molecule has 2 aromatic rings. The van der Waals surface area contributed by atoms with Crippen LogP contribution in [-0.2, 0) is 7.05 Å². The monoisotopic (exact) mass is 279 g/mol. The molecule has 0 amide bonds. The first-order chi connectivity index (χ1) is 7.49. The Balaban J connectivity index is 2.63. The van der Waals surface area contributed by atoms with Gasteiger partial charge in [0.2, 0.25) is 0 Å². The molecule has 1 aromatic carbocycles. The summed E-state index contributed by atoms with van der Waals surface area (Å²) in [6.07, 6.45) is 0. The minimum absolute atomic E-state index is 0.668. The third-order valence-electron chi connectivity index (χ3n) is 2.59. The standard InChI is InChI=1S/C12H14BrN3/c1-7-4-8(2)12(13)9(5-7)10-6-11(14)16(3)15-10/h4-6H,14H2,1-3H3. The molecule has 0 bridgehead atoms. The van der Waals surface area contributed by atoms with E-state index in [0.717, 1.165) is 15.7 Å². The molecule has 0 saturated carbocycles. The van der Waals surface area contributed by atoms with Crippen molar-refractivity contribution in [3.05, 3.63) is 33.8 Å². The Hall–Kier alpha value is -1.29. The van der Waals surface area contributed by atoms with Gasteiger partial charge < -0.3 is 5.73 Å². The average Bonchev–Trinajstić information content (AvgIpc) is 2.53. The van der Waals surface area contributed by atoms with Gasteiger partial charge in [0.1, 0.15) is 5.82 Å². The molecule has 0 saturated heterocycles. The highest BCUT2D eigenvalue weighted by Gasteiger charge is 2.10. The largest absolute Gasteiger partial charge is 0.384 e. The summed E-state index contributed by atoms with van der Waals surface area (Å²) in [5.41, 5.74) is 10.2. The summed E-state index contributed by atoms with van der Waals surface area (Å²) in [7, 11) is 1.84. The SMILES string of the molecule is Cc1cc(C)c(Br)c(-c2cc(N)n(C)n2)c1. The second kappa shape index (κ2) is 3.94. The molecule has 0 aliphatic carbocycles. The maximum atomic E-state index is 5.79. The molecule has 84 valence electrons. The quantitative estimate of drug-likeness (QED) is 0.872. The Kier molecular flexibility index (Phi) is 2.76. The third-order valence-corrected chi connectivity index (χ3v) is 3.64. The van der Waals surface area contributed by atoms with Crippen LogP contribution in [0.1, 0.15) is 11.1 Å². The fourth-order valence-electron chi connectivity index (χ4n) is 1.75. The first-order valence-electron chi connectivity index (χ1n) is 5.05. The smallest absolute Gasteiger partial charge is 0.121 e.